The van der Waals surface area contributed by atoms with Crippen molar-refractivity contribution >= 4 is 17.3 Å². The molecule has 0 amide bonds. The monoisotopic (exact) mass is 238 g/mol. The number of thiocarbonyl (C=S) groups is 1. The smallest absolute Gasteiger partial charge is 0.213 e. The van der Waals surface area contributed by atoms with Crippen LogP contribution >= 0.6 is 12.2 Å². The van der Waals surface area contributed by atoms with Crippen molar-refractivity contribution in [3.8, 4) is 0 Å². The Kier molecular flexibility index (Phi) is 4.81. The lowest BCUT2D eigenvalue weighted by atomic mass is 10.2. The molecule has 6 heteroatoms. The highest BCUT2D eigenvalue weighted by molar-refractivity contribution is 7.80. The maximum Gasteiger partial charge on any atom is 0.213 e. The maximum absolute atomic E-state index is 9.50. The van der Waals surface area contributed by atoms with Gasteiger partial charge in [0.05, 0.1) is 11.4 Å². The SMILES string of the molecule is CCNC(=S)N=N/C(C)=C1\C=CC=CN1O. The van der Waals surface area contributed by atoms with Crippen LogP contribution in [0.25, 0.3) is 0 Å². The summed E-state index contributed by atoms with van der Waals surface area (Å²) in [6, 6.07) is 0. The van der Waals surface area contributed by atoms with E-state index in [9.17, 15) is 5.21 Å². The Morgan fingerprint density at radius 1 is 1.50 bits per heavy atom. The van der Waals surface area contributed by atoms with Crippen molar-refractivity contribution in [2.24, 2.45) is 10.2 Å². The lowest BCUT2D eigenvalue weighted by Gasteiger charge is -2.16. The van der Waals surface area contributed by atoms with Crippen molar-refractivity contribution in [1.29, 1.82) is 0 Å². The lowest BCUT2D eigenvalue weighted by Crippen LogP contribution is -2.18. The predicted octanol–water partition coefficient (Wildman–Crippen LogP) is 2.34. The highest BCUT2D eigenvalue weighted by Gasteiger charge is 2.06. The zero-order chi connectivity index (χ0) is 12.0. The van der Waals surface area contributed by atoms with E-state index in [1.165, 1.54) is 6.20 Å². The molecule has 0 saturated heterocycles. The minimum absolute atomic E-state index is 0.335. The Balaban J connectivity index is 2.73. The summed E-state index contributed by atoms with van der Waals surface area (Å²) in [5.41, 5.74) is 1.16. The van der Waals surface area contributed by atoms with Crippen LogP contribution in [0.1, 0.15) is 13.8 Å². The molecule has 0 saturated carbocycles. The third-order valence-electron chi connectivity index (χ3n) is 1.83. The Hall–Kier alpha value is -1.53. The summed E-state index contributed by atoms with van der Waals surface area (Å²) >= 11 is 4.90. The molecule has 0 aromatic heterocycles. The molecular formula is C10H14N4OS. The second-order valence-corrected chi connectivity index (χ2v) is 3.44. The van der Waals surface area contributed by atoms with E-state index in [1.807, 2.05) is 13.0 Å². The summed E-state index contributed by atoms with van der Waals surface area (Å²) in [6.45, 7) is 4.39. The van der Waals surface area contributed by atoms with Gasteiger partial charge in [-0.2, -0.15) is 5.11 Å². The number of rotatable bonds is 2. The molecule has 1 heterocycles. The summed E-state index contributed by atoms with van der Waals surface area (Å²) < 4.78 is 0. The molecule has 0 atom stereocenters. The number of hydrogen-bond donors (Lipinski definition) is 2. The van der Waals surface area contributed by atoms with Crippen LogP contribution < -0.4 is 5.32 Å². The molecule has 2 N–H and O–H groups in total. The van der Waals surface area contributed by atoms with E-state index in [0.29, 0.717) is 23.1 Å². The van der Waals surface area contributed by atoms with E-state index in [2.05, 4.69) is 15.5 Å². The van der Waals surface area contributed by atoms with Crippen molar-refractivity contribution in [2.75, 3.05) is 6.54 Å². The van der Waals surface area contributed by atoms with Crippen LogP contribution in [0.4, 0.5) is 0 Å². The van der Waals surface area contributed by atoms with Crippen molar-refractivity contribution in [1.82, 2.24) is 10.4 Å². The molecule has 1 rings (SSSR count). The summed E-state index contributed by atoms with van der Waals surface area (Å²) in [5, 5.41) is 21.4. The van der Waals surface area contributed by atoms with E-state index >= 15 is 0 Å². The predicted molar refractivity (Wildman–Crippen MR) is 65.7 cm³/mol. The van der Waals surface area contributed by atoms with Crippen LogP contribution in [0.2, 0.25) is 0 Å². The number of allylic oxidation sites excluding steroid dienone is 4. The zero-order valence-corrected chi connectivity index (χ0v) is 10.0. The number of hydrogen-bond acceptors (Lipinski definition) is 4. The van der Waals surface area contributed by atoms with Gasteiger partial charge in [0.25, 0.3) is 0 Å². The minimum Gasteiger partial charge on any atom is -0.360 e. The van der Waals surface area contributed by atoms with Crippen molar-refractivity contribution in [3.63, 3.8) is 0 Å². The van der Waals surface area contributed by atoms with Crippen LogP contribution in [0.5, 0.6) is 0 Å². The lowest BCUT2D eigenvalue weighted by molar-refractivity contribution is -0.00148. The summed E-state index contributed by atoms with van der Waals surface area (Å²) in [5.74, 6) is 0. The standard InChI is InChI=1S/C10H14N4OS/c1-3-11-10(16)13-12-8(2)9-6-4-5-7-14(9)15/h4-7,15H,3H2,1-2H3,(H,11,16)/b9-8+,13-12?. The Labute approximate surface area is 99.8 Å². The van der Waals surface area contributed by atoms with Gasteiger partial charge in [0.2, 0.25) is 5.11 Å². The first kappa shape index (κ1) is 12.5. The first-order valence-electron chi connectivity index (χ1n) is 4.88. The van der Waals surface area contributed by atoms with Gasteiger partial charge in [-0.1, -0.05) is 6.08 Å². The van der Waals surface area contributed by atoms with E-state index < -0.39 is 0 Å². The first-order valence-corrected chi connectivity index (χ1v) is 5.29. The molecule has 0 bridgehead atoms. The van der Waals surface area contributed by atoms with Crippen LogP contribution in [-0.2, 0) is 0 Å². The topological polar surface area (TPSA) is 60.2 Å². The highest BCUT2D eigenvalue weighted by Crippen LogP contribution is 2.15. The fraction of sp³-hybridized carbons (Fsp3) is 0.300. The number of nitrogens with zero attached hydrogens (tertiary/aromatic N) is 3. The van der Waals surface area contributed by atoms with Crippen LogP contribution in [0.3, 0.4) is 0 Å². The highest BCUT2D eigenvalue weighted by atomic mass is 32.1. The molecule has 0 unspecified atom stereocenters. The quantitative estimate of drug-likeness (QED) is 0.572. The van der Waals surface area contributed by atoms with Gasteiger partial charge >= 0.3 is 0 Å². The molecule has 1 aliphatic rings. The van der Waals surface area contributed by atoms with E-state index in [4.69, 9.17) is 12.2 Å². The zero-order valence-electron chi connectivity index (χ0n) is 9.21. The molecule has 5 nitrogen and oxygen atoms in total. The third kappa shape index (κ3) is 3.56. The van der Waals surface area contributed by atoms with E-state index in [1.54, 1.807) is 19.1 Å². The van der Waals surface area contributed by atoms with Crippen LogP contribution in [0.15, 0.2) is 46.1 Å². The number of nitrogens with one attached hydrogen (secondary N) is 1. The van der Waals surface area contributed by atoms with Gasteiger partial charge in [-0.3, -0.25) is 5.21 Å². The maximum atomic E-state index is 9.50. The molecule has 16 heavy (non-hydrogen) atoms. The molecule has 0 spiro atoms. The Morgan fingerprint density at radius 3 is 2.88 bits per heavy atom. The molecule has 0 aliphatic carbocycles. The number of hydroxylamine groups is 2. The van der Waals surface area contributed by atoms with Crippen molar-refractivity contribution in [3.05, 3.63) is 35.8 Å². The fourth-order valence-electron chi connectivity index (χ4n) is 1.08. The van der Waals surface area contributed by atoms with Crippen molar-refractivity contribution < 1.29 is 5.21 Å². The average molecular weight is 238 g/mol. The van der Waals surface area contributed by atoms with E-state index in [-0.39, 0.29) is 0 Å². The van der Waals surface area contributed by atoms with E-state index in [0.717, 1.165) is 5.06 Å². The fourth-order valence-corrected chi connectivity index (χ4v) is 1.26. The molecule has 86 valence electrons. The molecular weight excluding hydrogens is 224 g/mol. The van der Waals surface area contributed by atoms with Gasteiger partial charge in [0.15, 0.2) is 0 Å². The largest absolute Gasteiger partial charge is 0.360 e. The molecule has 0 aromatic rings. The minimum atomic E-state index is 0.335. The molecule has 0 fully saturated rings. The Morgan fingerprint density at radius 2 is 2.25 bits per heavy atom. The Bertz CT molecular complexity index is 384. The average Bonchev–Trinajstić information content (AvgIpc) is 2.27. The molecule has 0 radical (unpaired) electrons. The van der Waals surface area contributed by atoms with Gasteiger partial charge in [0.1, 0.15) is 0 Å². The van der Waals surface area contributed by atoms with Crippen LogP contribution in [0, 0.1) is 0 Å². The summed E-state index contributed by atoms with van der Waals surface area (Å²) in [7, 11) is 0. The van der Waals surface area contributed by atoms with Crippen LogP contribution in [-0.4, -0.2) is 21.9 Å². The first-order chi connectivity index (χ1) is 7.65. The van der Waals surface area contributed by atoms with Crippen molar-refractivity contribution in [2.45, 2.75) is 13.8 Å². The van der Waals surface area contributed by atoms with Gasteiger partial charge in [0, 0.05) is 12.7 Å². The second-order valence-electron chi connectivity index (χ2n) is 3.05. The summed E-state index contributed by atoms with van der Waals surface area (Å²) in [6.07, 6.45) is 6.79. The van der Waals surface area contributed by atoms with Gasteiger partial charge in [-0.15, -0.1) is 5.11 Å². The molecule has 0 aromatic carbocycles. The molecule has 1 aliphatic heterocycles. The number of azo groups is 1. The summed E-state index contributed by atoms with van der Waals surface area (Å²) in [4.78, 5) is 0. The van der Waals surface area contributed by atoms with Gasteiger partial charge in [-0.25, -0.2) is 5.06 Å². The third-order valence-corrected chi connectivity index (χ3v) is 2.05. The second kappa shape index (κ2) is 6.14. The van der Waals surface area contributed by atoms with Gasteiger partial charge in [-0.05, 0) is 38.2 Å². The normalized spacial score (nSPS) is 18.1. The van der Waals surface area contributed by atoms with Gasteiger partial charge < -0.3 is 5.32 Å².